The molecule has 0 unspecified atom stereocenters. The fraction of sp³-hybridized carbons (Fsp3) is 0.486. The molecule has 296 valence electrons. The van der Waals surface area contributed by atoms with Gasteiger partial charge in [-0.3, -0.25) is 28.8 Å². The van der Waals surface area contributed by atoms with E-state index in [1.165, 1.54) is 24.6 Å². The number of hydrogen-bond donors (Lipinski definition) is 8. The van der Waals surface area contributed by atoms with Crippen molar-refractivity contribution in [3.8, 4) is 0 Å². The summed E-state index contributed by atoms with van der Waals surface area (Å²) in [6.07, 6.45) is -2.04. The largest absolute Gasteiger partial charge is 0.391 e. The highest BCUT2D eigenvalue weighted by molar-refractivity contribution is 8.76. The molecule has 0 aliphatic carbocycles. The van der Waals surface area contributed by atoms with E-state index in [2.05, 4.69) is 41.9 Å². The first-order chi connectivity index (χ1) is 26.2. The Morgan fingerprint density at radius 3 is 1.55 bits per heavy atom. The van der Waals surface area contributed by atoms with Gasteiger partial charge in [0, 0.05) is 22.3 Å². The molecule has 0 radical (unpaired) electrons. The molecule has 4 heterocycles. The van der Waals surface area contributed by atoms with Crippen molar-refractivity contribution in [3.63, 3.8) is 0 Å². The van der Waals surface area contributed by atoms with E-state index in [0.717, 1.165) is 49.8 Å². The maximum Gasteiger partial charge on any atom is 0.271 e. The molecular weight excluding hydrogens is 789 g/mol. The molecule has 2 aromatic heterocycles. The van der Waals surface area contributed by atoms with Crippen LogP contribution in [0.25, 0.3) is 0 Å². The molecule has 8 N–H and O–H groups in total. The van der Waals surface area contributed by atoms with Crippen LogP contribution in [0.15, 0.2) is 41.1 Å². The molecule has 6 amide bonds. The highest BCUT2D eigenvalue weighted by Gasteiger charge is 2.36. The average molecular weight is 833 g/mol. The number of nitrogens with one attached hydrogen (secondary N) is 6. The molecule has 6 bridgehead atoms. The lowest BCUT2D eigenvalue weighted by Crippen LogP contribution is -2.58. The first-order valence-corrected chi connectivity index (χ1v) is 21.8. The molecule has 16 nitrogen and oxygen atoms in total. The van der Waals surface area contributed by atoms with Crippen molar-refractivity contribution < 1.29 is 39.0 Å². The van der Waals surface area contributed by atoms with Crippen molar-refractivity contribution in [2.75, 3.05) is 11.5 Å². The Bertz CT molecular complexity index is 1860. The van der Waals surface area contributed by atoms with E-state index in [1.807, 2.05) is 44.2 Å². The van der Waals surface area contributed by atoms with Gasteiger partial charge >= 0.3 is 0 Å². The van der Waals surface area contributed by atoms with Crippen LogP contribution in [0.3, 0.4) is 0 Å². The number of rotatable bonds is 6. The normalized spacial score (nSPS) is 25.9. The van der Waals surface area contributed by atoms with Gasteiger partial charge in [-0.25, -0.2) is 9.97 Å². The number of aliphatic hydroxyl groups is 2. The summed E-state index contributed by atoms with van der Waals surface area (Å²) in [5.41, 5.74) is 0.787. The van der Waals surface area contributed by atoms with Crippen molar-refractivity contribution in [1.29, 1.82) is 0 Å². The van der Waals surface area contributed by atoms with Crippen molar-refractivity contribution >= 4 is 79.7 Å². The van der Waals surface area contributed by atoms with Crippen molar-refractivity contribution in [3.05, 3.63) is 68.1 Å². The minimum absolute atomic E-state index is 0.0134. The van der Waals surface area contributed by atoms with Gasteiger partial charge in [-0.15, -0.1) is 22.7 Å². The summed E-state index contributed by atoms with van der Waals surface area (Å²) in [5, 5.41) is 41.4. The van der Waals surface area contributed by atoms with Crippen LogP contribution >= 0.6 is 44.3 Å². The van der Waals surface area contributed by atoms with Gasteiger partial charge in [-0.05, 0) is 38.2 Å². The zero-order valence-electron chi connectivity index (χ0n) is 30.4. The second kappa shape index (κ2) is 19.2. The molecule has 2 aliphatic heterocycles. The standard InChI is InChI=1S/C35H44N8O8S4/c1-16(2)10-20-34-40-22(12-52-34)28(46)38-25-15-55-54-14-24(30(48)42-26(17(3)44)32(50)36-20)39-29(47)23-13-53-35(41-23)21(11-19-8-6-5-7-9-19)37-33(51)27(18(4)45)43-31(25)49/h5-9,12-13,16-18,20-21,24-27,44-45H,10-11,14-15H2,1-4H3,(H,36,50)(H,37,51)(H,38,46)(H,39,47)(H,42,48)(H,43,49)/t17-,18-,20-,21-,24+,25+,26+,27+/m1/s1. The van der Waals surface area contributed by atoms with Crippen LogP contribution in [0, 0.1) is 5.92 Å². The molecule has 3 aromatic rings. The minimum atomic E-state index is -1.44. The monoisotopic (exact) mass is 832 g/mol. The number of hydrogen-bond acceptors (Lipinski definition) is 14. The molecule has 55 heavy (non-hydrogen) atoms. The van der Waals surface area contributed by atoms with Crippen LogP contribution in [0.4, 0.5) is 0 Å². The van der Waals surface area contributed by atoms with Crippen LogP contribution in [0.5, 0.6) is 0 Å². The minimum Gasteiger partial charge on any atom is -0.391 e. The molecule has 1 aromatic carbocycles. The summed E-state index contributed by atoms with van der Waals surface area (Å²) >= 11 is 2.21. The lowest BCUT2D eigenvalue weighted by atomic mass is 10.0. The molecule has 5 rings (SSSR count). The maximum absolute atomic E-state index is 13.9. The molecular formula is C35H44N8O8S4. The maximum atomic E-state index is 13.9. The zero-order chi connectivity index (χ0) is 39.8. The van der Waals surface area contributed by atoms with Crippen LogP contribution in [-0.2, 0) is 25.6 Å². The third-order valence-electron chi connectivity index (χ3n) is 8.65. The predicted octanol–water partition coefficient (Wildman–Crippen LogP) is 1.24. The van der Waals surface area contributed by atoms with E-state index >= 15 is 0 Å². The highest BCUT2D eigenvalue weighted by Crippen LogP contribution is 2.28. The quantitative estimate of drug-likeness (QED) is 0.164. The topological polar surface area (TPSA) is 241 Å². The molecule has 0 saturated carbocycles. The van der Waals surface area contributed by atoms with E-state index in [0.29, 0.717) is 16.4 Å². The van der Waals surface area contributed by atoms with Gasteiger partial charge in [0.2, 0.25) is 23.6 Å². The first-order valence-electron chi connectivity index (χ1n) is 17.6. The number of thiazole rings is 2. The molecule has 2 aliphatic rings. The molecule has 0 spiro atoms. The van der Waals surface area contributed by atoms with Gasteiger partial charge in [0.05, 0.1) is 24.3 Å². The molecule has 0 saturated heterocycles. The van der Waals surface area contributed by atoms with Gasteiger partial charge in [0.1, 0.15) is 45.6 Å². The van der Waals surface area contributed by atoms with E-state index in [1.54, 1.807) is 0 Å². The molecule has 20 heteroatoms. The Morgan fingerprint density at radius 1 is 0.636 bits per heavy atom. The van der Waals surface area contributed by atoms with E-state index < -0.39 is 83.9 Å². The summed E-state index contributed by atoms with van der Waals surface area (Å²) in [7, 11) is 2.20. The van der Waals surface area contributed by atoms with E-state index in [-0.39, 0.29) is 35.2 Å². The summed E-state index contributed by atoms with van der Waals surface area (Å²) < 4.78 is 0. The van der Waals surface area contributed by atoms with Gasteiger partial charge < -0.3 is 42.1 Å². The summed E-state index contributed by atoms with van der Waals surface area (Å²) in [5.74, 6) is -4.38. The van der Waals surface area contributed by atoms with Crippen molar-refractivity contribution in [1.82, 2.24) is 41.9 Å². The summed E-state index contributed by atoms with van der Waals surface area (Å²) in [4.78, 5) is 91.5. The molecule has 8 atom stereocenters. The SMILES string of the molecule is CC(C)C[C@H]1NC(=O)[C@H]([C@@H](C)O)NC(=O)[C@@H]2CSSC[C@H](NC(=O)c3csc1n3)C(=O)N[C@@H]([C@@H](C)O)C(=O)N[C@H](Cc1ccccc1)c1nc(cs1)C(=O)N2. The number of aromatic nitrogens is 2. The lowest BCUT2D eigenvalue weighted by molar-refractivity contribution is -0.132. The van der Waals surface area contributed by atoms with Crippen LogP contribution in [-0.4, -0.2) is 104 Å². The lowest BCUT2D eigenvalue weighted by Gasteiger charge is -2.27. The number of nitrogens with zero attached hydrogens (tertiary/aromatic N) is 2. The second-order valence-electron chi connectivity index (χ2n) is 13.7. The Labute approximate surface area is 333 Å². The van der Waals surface area contributed by atoms with E-state index in [4.69, 9.17) is 0 Å². The Morgan fingerprint density at radius 2 is 1.09 bits per heavy atom. The fourth-order valence-corrected chi connectivity index (χ4v) is 9.79. The first kappa shape index (κ1) is 42.1. The summed E-state index contributed by atoms with van der Waals surface area (Å²) in [6.45, 7) is 6.58. The van der Waals surface area contributed by atoms with Crippen LogP contribution < -0.4 is 31.9 Å². The van der Waals surface area contributed by atoms with E-state index in [9.17, 15) is 39.0 Å². The number of carbonyl (C=O) groups excluding carboxylic acids is 6. The second-order valence-corrected chi connectivity index (χ2v) is 18.0. The summed E-state index contributed by atoms with van der Waals surface area (Å²) in [6, 6.07) is 2.35. The van der Waals surface area contributed by atoms with Gasteiger partial charge in [0.15, 0.2) is 0 Å². The van der Waals surface area contributed by atoms with Gasteiger partial charge in [-0.1, -0.05) is 65.8 Å². The molecule has 0 fully saturated rings. The Hall–Kier alpha value is -4.08. The van der Waals surface area contributed by atoms with Gasteiger partial charge in [-0.2, -0.15) is 0 Å². The number of aliphatic hydroxyl groups excluding tert-OH is 2. The van der Waals surface area contributed by atoms with Crippen molar-refractivity contribution in [2.45, 2.75) is 89.0 Å². The number of benzene rings is 1. The number of amides is 6. The smallest absolute Gasteiger partial charge is 0.271 e. The Balaban J connectivity index is 1.57. The van der Waals surface area contributed by atoms with Crippen molar-refractivity contribution in [2.24, 2.45) is 5.92 Å². The van der Waals surface area contributed by atoms with Crippen LogP contribution in [0.1, 0.15) is 82.8 Å². The zero-order valence-corrected chi connectivity index (χ0v) is 33.7. The number of fused-ring (bicyclic) bond motifs is 9. The Kier molecular flexibility index (Phi) is 14.7. The van der Waals surface area contributed by atoms with Crippen LogP contribution in [0.2, 0.25) is 0 Å². The average Bonchev–Trinajstić information content (AvgIpc) is 3.83. The third-order valence-corrected chi connectivity index (χ3v) is 13.0. The van der Waals surface area contributed by atoms with Gasteiger partial charge in [0.25, 0.3) is 11.8 Å². The predicted molar refractivity (Wildman–Crippen MR) is 210 cm³/mol. The third kappa shape index (κ3) is 11.3. The fourth-order valence-electron chi connectivity index (χ4n) is 5.75. The highest BCUT2D eigenvalue weighted by atomic mass is 33.1. The number of carbonyl (C=O) groups is 6.